The average Bonchev–Trinajstić information content (AvgIpc) is 3.09. The molecule has 0 heterocycles. The molecule has 2 atom stereocenters. The summed E-state index contributed by atoms with van der Waals surface area (Å²) in [6.07, 6.45) is 44.6. The Morgan fingerprint density at radius 2 is 1.14 bits per heavy atom. The van der Waals surface area contributed by atoms with Crippen LogP contribution >= 0.6 is 7.82 Å². The highest BCUT2D eigenvalue weighted by molar-refractivity contribution is 7.46. The zero-order valence-corrected chi connectivity index (χ0v) is 32.0. The van der Waals surface area contributed by atoms with Gasteiger partial charge in [0.1, 0.15) is 6.61 Å². The van der Waals surface area contributed by atoms with Crippen LogP contribution in [0.2, 0.25) is 0 Å². The van der Waals surface area contributed by atoms with Gasteiger partial charge in [0.2, 0.25) is 0 Å². The molecule has 0 amide bonds. The van der Waals surface area contributed by atoms with E-state index in [4.69, 9.17) is 19.3 Å². The van der Waals surface area contributed by atoms with Gasteiger partial charge in [-0.25, -0.2) is 4.57 Å². The van der Waals surface area contributed by atoms with Crippen molar-refractivity contribution in [1.82, 2.24) is 0 Å². The van der Waals surface area contributed by atoms with Crippen molar-refractivity contribution in [1.29, 1.82) is 0 Å². The minimum atomic E-state index is -4.79. The van der Waals surface area contributed by atoms with E-state index >= 15 is 0 Å². The molecule has 0 spiro atoms. The highest BCUT2D eigenvalue weighted by atomic mass is 31.2. The van der Waals surface area contributed by atoms with Crippen molar-refractivity contribution in [2.45, 2.75) is 135 Å². The van der Waals surface area contributed by atoms with E-state index in [1.54, 1.807) is 6.08 Å². The van der Waals surface area contributed by atoms with Crippen molar-refractivity contribution in [2.75, 3.05) is 13.2 Å². The molecule has 0 rings (SSSR count). The summed E-state index contributed by atoms with van der Waals surface area (Å²) in [5, 5.41) is 9.83. The molecule has 0 saturated carbocycles. The molecule has 51 heavy (non-hydrogen) atoms. The van der Waals surface area contributed by atoms with Gasteiger partial charge in [-0.1, -0.05) is 130 Å². The molecule has 3 N–H and O–H groups in total. The number of esters is 2. The number of carbonyl (C=O) groups is 2. The summed E-state index contributed by atoms with van der Waals surface area (Å²) in [6, 6.07) is 0. The molecule has 0 aromatic rings. The Labute approximate surface area is 307 Å². The molecule has 0 aliphatic rings. The number of aliphatic hydroxyl groups is 1. The van der Waals surface area contributed by atoms with E-state index in [0.717, 1.165) is 70.6 Å². The third kappa shape index (κ3) is 38.0. The van der Waals surface area contributed by atoms with Crippen LogP contribution in [-0.2, 0) is 28.2 Å². The van der Waals surface area contributed by atoms with Crippen LogP contribution in [0.25, 0.3) is 0 Å². The monoisotopic (exact) mass is 732 g/mol. The number of phosphoric ester groups is 1. The Morgan fingerprint density at radius 3 is 1.76 bits per heavy atom. The topological polar surface area (TPSA) is 140 Å². The molecule has 0 radical (unpaired) electrons. The number of carbonyl (C=O) groups excluding carboxylic acids is 2. The Bertz CT molecular complexity index is 1160. The number of ether oxygens (including phenoxy) is 2. The number of phosphoric acid groups is 1. The predicted molar refractivity (Wildman–Crippen MR) is 208 cm³/mol. The maximum Gasteiger partial charge on any atom is 0.469 e. The number of allylic oxidation sites excluding steroid dienone is 14. The second kappa shape index (κ2) is 35.3. The van der Waals surface area contributed by atoms with Crippen LogP contribution < -0.4 is 0 Å². The first-order valence-electron chi connectivity index (χ1n) is 18.6. The lowest BCUT2D eigenvalue weighted by Gasteiger charge is -2.18. The molecule has 0 aromatic carbocycles. The standard InChI is InChI=1S/C41H65O9P/c1-3-5-7-8-9-10-11-12-13-14-15-16-17-20-24-27-31-35-41(44)50-39(37-49-51(45,46)47)36-48-40(43)34-30-26-23-21-18-19-22-25-29-33-38(42)32-28-6-4-2/h5-7,9-10,12-13,15-16,20,22,24-25,28-29,33,38-39,42H,3-4,8,11,14,17-19,21,23,26-27,30-32,34-37H2,1-2H3,(H2,45,46,47)/b7-5-,10-9-,13-12-,16-15-,24-20-,25-22+,28-6+,33-29+/t38?,39-/m1/s1. The largest absolute Gasteiger partial charge is 0.469 e. The molecule has 0 aliphatic carbocycles. The molecule has 0 aliphatic heterocycles. The maximum absolute atomic E-state index is 12.3. The lowest BCUT2D eigenvalue weighted by molar-refractivity contribution is -0.161. The summed E-state index contributed by atoms with van der Waals surface area (Å²) in [5.74, 6) is -1.02. The molecule has 0 saturated heterocycles. The Morgan fingerprint density at radius 1 is 0.608 bits per heavy atom. The number of rotatable bonds is 32. The van der Waals surface area contributed by atoms with E-state index in [-0.39, 0.29) is 19.4 Å². The molecule has 0 bridgehead atoms. The van der Waals surface area contributed by atoms with E-state index in [1.807, 2.05) is 36.5 Å². The van der Waals surface area contributed by atoms with Gasteiger partial charge in [0.15, 0.2) is 6.10 Å². The lowest BCUT2D eigenvalue weighted by atomic mass is 10.1. The minimum Gasteiger partial charge on any atom is -0.462 e. The average molecular weight is 733 g/mol. The number of hydrogen-bond donors (Lipinski definition) is 3. The van der Waals surface area contributed by atoms with Crippen LogP contribution in [0.4, 0.5) is 0 Å². The van der Waals surface area contributed by atoms with Crippen LogP contribution in [0.3, 0.4) is 0 Å². The quantitative estimate of drug-likeness (QED) is 0.0203. The second-order valence-electron chi connectivity index (χ2n) is 12.0. The fraction of sp³-hybridized carbons (Fsp3) is 0.561. The van der Waals surface area contributed by atoms with E-state index in [2.05, 4.69) is 73.1 Å². The summed E-state index contributed by atoms with van der Waals surface area (Å²) >= 11 is 0. The third-order valence-electron chi connectivity index (χ3n) is 7.18. The minimum absolute atomic E-state index is 0.112. The van der Waals surface area contributed by atoms with Gasteiger partial charge in [0.25, 0.3) is 0 Å². The Hall–Kier alpha value is -3.07. The zero-order valence-electron chi connectivity index (χ0n) is 31.1. The van der Waals surface area contributed by atoms with E-state index in [0.29, 0.717) is 25.7 Å². The van der Waals surface area contributed by atoms with Gasteiger partial charge in [-0.2, -0.15) is 0 Å². The molecule has 1 unspecified atom stereocenters. The highest BCUT2D eigenvalue weighted by Gasteiger charge is 2.22. The fourth-order valence-electron chi connectivity index (χ4n) is 4.44. The van der Waals surface area contributed by atoms with Crippen molar-refractivity contribution in [3.8, 4) is 0 Å². The Balaban J connectivity index is 4.18. The SMILES string of the molecule is CC/C=C\C/C=C\C/C=C\C/C=C\C/C=C\CCCC(=O)O[C@H](COC(=O)CCCCCCC/C=C/C=C/C(O)C/C=C/CC)COP(=O)(O)O. The molecule has 0 aromatic heterocycles. The molecular weight excluding hydrogens is 667 g/mol. The van der Waals surface area contributed by atoms with Gasteiger partial charge in [-0.15, -0.1) is 0 Å². The first-order chi connectivity index (χ1) is 24.7. The second-order valence-corrected chi connectivity index (χ2v) is 13.2. The van der Waals surface area contributed by atoms with Crippen molar-refractivity contribution in [2.24, 2.45) is 0 Å². The van der Waals surface area contributed by atoms with Gasteiger partial charge in [-0.05, 0) is 77.0 Å². The smallest absolute Gasteiger partial charge is 0.462 e. The van der Waals surface area contributed by atoms with E-state index in [9.17, 15) is 19.3 Å². The summed E-state index contributed by atoms with van der Waals surface area (Å²) < 4.78 is 26.2. The van der Waals surface area contributed by atoms with Crippen molar-refractivity contribution in [3.05, 3.63) is 97.2 Å². The number of hydrogen-bond acceptors (Lipinski definition) is 7. The summed E-state index contributed by atoms with van der Waals surface area (Å²) in [5.41, 5.74) is 0. The van der Waals surface area contributed by atoms with Crippen molar-refractivity contribution < 1.29 is 43.0 Å². The summed E-state index contributed by atoms with van der Waals surface area (Å²) in [4.78, 5) is 42.7. The first-order valence-corrected chi connectivity index (χ1v) is 20.2. The maximum atomic E-state index is 12.3. The molecular formula is C41H65O9P. The van der Waals surface area contributed by atoms with Crippen LogP contribution in [0.1, 0.15) is 123 Å². The van der Waals surface area contributed by atoms with Gasteiger partial charge in [0.05, 0.1) is 12.7 Å². The molecule has 10 heteroatoms. The number of aliphatic hydroxyl groups excluding tert-OH is 1. The van der Waals surface area contributed by atoms with Crippen LogP contribution in [0.15, 0.2) is 97.2 Å². The number of unbranched alkanes of at least 4 members (excludes halogenated alkanes) is 6. The zero-order chi connectivity index (χ0) is 37.7. The predicted octanol–water partition coefficient (Wildman–Crippen LogP) is 10.0. The molecule has 288 valence electrons. The normalized spacial score (nSPS) is 14.2. The molecule has 9 nitrogen and oxygen atoms in total. The van der Waals surface area contributed by atoms with E-state index in [1.165, 1.54) is 0 Å². The van der Waals surface area contributed by atoms with Crippen LogP contribution in [-0.4, -0.2) is 52.3 Å². The highest BCUT2D eigenvalue weighted by Crippen LogP contribution is 2.35. The van der Waals surface area contributed by atoms with Gasteiger partial charge >= 0.3 is 19.8 Å². The van der Waals surface area contributed by atoms with Crippen LogP contribution in [0, 0.1) is 0 Å². The van der Waals surface area contributed by atoms with Gasteiger partial charge < -0.3 is 24.4 Å². The van der Waals surface area contributed by atoms with Crippen molar-refractivity contribution >= 4 is 19.8 Å². The summed E-state index contributed by atoms with van der Waals surface area (Å²) in [7, 11) is -4.79. The van der Waals surface area contributed by atoms with Gasteiger partial charge in [0, 0.05) is 12.8 Å². The molecule has 0 fully saturated rings. The van der Waals surface area contributed by atoms with Crippen LogP contribution in [0.5, 0.6) is 0 Å². The third-order valence-corrected chi connectivity index (χ3v) is 7.66. The summed E-state index contributed by atoms with van der Waals surface area (Å²) in [6.45, 7) is 3.26. The lowest BCUT2D eigenvalue weighted by Crippen LogP contribution is -2.29. The van der Waals surface area contributed by atoms with Gasteiger partial charge in [-0.3, -0.25) is 14.1 Å². The van der Waals surface area contributed by atoms with E-state index < -0.39 is 38.6 Å². The first kappa shape index (κ1) is 47.9. The fourth-order valence-corrected chi connectivity index (χ4v) is 4.80. The van der Waals surface area contributed by atoms with Crippen molar-refractivity contribution in [3.63, 3.8) is 0 Å². The Kier molecular flexibility index (Phi) is 33.2.